The first kappa shape index (κ1) is 94.2. The van der Waals surface area contributed by atoms with Gasteiger partial charge in [0.25, 0.3) is 0 Å². The van der Waals surface area contributed by atoms with Gasteiger partial charge in [-0.3, -0.25) is 57.2 Å². The van der Waals surface area contributed by atoms with Gasteiger partial charge in [0.1, 0.15) is 92.9 Å². The molecule has 12 aromatic rings. The lowest BCUT2D eigenvalue weighted by Gasteiger charge is -2.27. The summed E-state index contributed by atoms with van der Waals surface area (Å²) in [6.45, 7) is 15.6. The van der Waals surface area contributed by atoms with E-state index in [-0.39, 0.29) is 131 Å². The second-order valence-corrected chi connectivity index (χ2v) is 39.3. The van der Waals surface area contributed by atoms with E-state index in [1.54, 1.807) is 73.3 Å². The maximum absolute atomic E-state index is 14.4. The Morgan fingerprint density at radius 3 is 1.43 bits per heavy atom. The number of carbonyl (C=O) groups is 9. The fourth-order valence-electron chi connectivity index (χ4n) is 20.9. The molecule has 36 heteroatoms. The van der Waals surface area contributed by atoms with Crippen LogP contribution in [0.15, 0.2) is 168 Å². The first-order chi connectivity index (χ1) is 66.7. The van der Waals surface area contributed by atoms with E-state index in [1.807, 2.05) is 124 Å². The minimum absolute atomic E-state index is 0.00933. The summed E-state index contributed by atoms with van der Waals surface area (Å²) < 4.78 is 35.5. The minimum Gasteiger partial charge on any atom is -0.381 e. The zero-order chi connectivity index (χ0) is 96.0. The molecule has 4 saturated carbocycles. The van der Waals surface area contributed by atoms with Crippen molar-refractivity contribution in [2.45, 2.75) is 163 Å². The van der Waals surface area contributed by atoms with Gasteiger partial charge in [-0.1, -0.05) is 60.7 Å². The number of aryl methyl sites for hydroxylation is 3. The smallest absolute Gasteiger partial charge is 0.248 e. The molecule has 5 aliphatic heterocycles. The highest BCUT2D eigenvalue weighted by Gasteiger charge is 2.70. The summed E-state index contributed by atoms with van der Waals surface area (Å²) in [5.41, 5.74) is 10.3. The number of anilines is 2. The molecule has 9 aliphatic rings. The average molecular weight is 1990 g/mol. The lowest BCUT2D eigenvalue weighted by atomic mass is 9.82. The summed E-state index contributed by atoms with van der Waals surface area (Å²) in [6.07, 6.45) is 26.0. The highest BCUT2D eigenvalue weighted by Crippen LogP contribution is 2.69. The number of hydrogen-bond donors (Lipinski definition) is 2. The van der Waals surface area contributed by atoms with Crippen LogP contribution in [0.4, 0.5) is 11.6 Å². The van der Waals surface area contributed by atoms with Crippen molar-refractivity contribution < 1.29 is 66.8 Å². The molecule has 10 atom stereocenters. The number of fused-ring (bicyclic) bond motifs is 9. The lowest BCUT2D eigenvalue weighted by Crippen LogP contribution is -2.47. The Morgan fingerprint density at radius 1 is 0.464 bits per heavy atom. The van der Waals surface area contributed by atoms with Crippen LogP contribution in [0.25, 0.3) is 66.1 Å². The Bertz CT molecular complexity index is 6890. The van der Waals surface area contributed by atoms with Gasteiger partial charge in [-0.05, 0) is 199 Å². The summed E-state index contributed by atoms with van der Waals surface area (Å²) >= 11 is 6.87. The molecule has 1 unspecified atom stereocenters. The van der Waals surface area contributed by atoms with Crippen molar-refractivity contribution in [1.82, 2.24) is 88.9 Å². The third-order valence-corrected chi connectivity index (χ3v) is 29.0. The van der Waals surface area contributed by atoms with Crippen LogP contribution in [-0.2, 0) is 98.3 Å². The largest absolute Gasteiger partial charge is 0.381 e. The SMILES string of the molecule is CC(=O)c1nn(CC(=O)C2[C@H]3C[C@]4(C[C@@H]24)CN(C)CC=CCOCc2ccc(Br)nc2CC3=O)c2ccc(-c3cnc(C)nc3)cc12.CC(=O)c1nn(CC(=O)N2[C@H]3C[C@@]4(COCC=CCOCc5cccnc5NC3=O)C[C@@H]24)c2ccc(-c3cnc(C)nc3)cc12.CC(=O)c1nn(CC(=O)N2[C@H]3C[C@@]4(COCCCCOCc5ccc(Br)nc5NC3=O)C[C@@H]24)c2ccc(-c3cnc(C)nc3)cc12. The molecule has 138 heavy (non-hydrogen) atoms. The summed E-state index contributed by atoms with van der Waals surface area (Å²) in [7, 11) is 2.09. The number of carbonyl (C=O) groups excluding carboxylic acids is 9. The predicted octanol–water partition coefficient (Wildman–Crippen LogP) is 13.2. The fourth-order valence-corrected chi connectivity index (χ4v) is 21.6. The average Bonchev–Trinajstić information content (AvgIpc) is 1.54. The standard InChI is InChI=1S/C36H37BrN6O4.C33H34BrN7O5.C33H33N7O5/c1-21(44)35-26-12-23(25-16-38-22(2)39-17-25)6-8-30(26)43(41-35)18-32(46)34-27-14-36(15-28(34)36)20-42(3)10-4-5-11-47-19-24-7-9-33(37)40-29(24)13-31(27)45;1-19(42)30-24-11-21(23-14-35-20(2)36-15-23)5-7-25(24)40(39-30)16-29(43)41-26-12-33(13-27(33)41)18-46-10-4-3-9-45-17-22-6-8-28(34)37-31(22)38-32(26)44;1-20(41)30-25-12-22(24-15-35-21(2)36-16-24)7-8-26(25)39(38-30)17-29(42)40-27-13-33(14-28(33)40)19-45-11-4-3-10-44-18-23-6-5-9-34-31(23)37-32(27)43/h4-9,12,16-17,27-28,34H,10-11,13-15,18-20H2,1-3H3;5-8,11,14-15,26-27H,3-4,9-10,12-13,16-18H2,1-2H3,(H,37,38,44);3-9,12,15-16,27-28H,10-11,13-14,17-19H2,1-2H3,(H,34,37,43)/t27-,28-,34?,36-;26-,27+,33-;27-,28+,33-/m000/s1. The van der Waals surface area contributed by atoms with Crippen LogP contribution in [-0.4, -0.2) is 232 Å². The second-order valence-electron chi connectivity index (χ2n) is 37.6. The number of nitrogens with zero attached hydrogens (tertiary/aromatic N) is 18. The van der Waals surface area contributed by atoms with E-state index in [0.29, 0.717) is 161 Å². The predicted molar refractivity (Wildman–Crippen MR) is 516 cm³/mol. The molecule has 2 N–H and O–H groups in total. The lowest BCUT2D eigenvalue weighted by molar-refractivity contribution is -0.138. The van der Waals surface area contributed by atoms with Gasteiger partial charge < -0.3 is 49.0 Å². The molecule has 0 radical (unpaired) electrons. The van der Waals surface area contributed by atoms with Crippen LogP contribution in [0.1, 0.15) is 143 Å². The molecule has 14 heterocycles. The van der Waals surface area contributed by atoms with Crippen molar-refractivity contribution in [3.63, 3.8) is 0 Å². The molecule has 6 bridgehead atoms. The van der Waals surface area contributed by atoms with Crippen molar-refractivity contribution in [2.75, 3.05) is 77.0 Å². The van der Waals surface area contributed by atoms with E-state index in [2.05, 4.69) is 121 Å². The molecule has 21 rings (SSSR count). The van der Waals surface area contributed by atoms with Crippen LogP contribution in [0.3, 0.4) is 0 Å². The van der Waals surface area contributed by atoms with Crippen LogP contribution in [0, 0.1) is 54.8 Å². The molecule has 6 fully saturated rings. The number of ketones is 5. The van der Waals surface area contributed by atoms with Crippen LogP contribution < -0.4 is 10.6 Å². The summed E-state index contributed by atoms with van der Waals surface area (Å²) in [4.78, 5) is 167. The number of ether oxygens (including phenoxy) is 5. The van der Waals surface area contributed by atoms with E-state index in [9.17, 15) is 43.2 Å². The number of nitrogens with one attached hydrogen (secondary N) is 2. The molecular weight excluding hydrogens is 1890 g/mol. The molecule has 3 aromatic carbocycles. The van der Waals surface area contributed by atoms with Gasteiger partial charge in [0, 0.05) is 176 Å². The zero-order valence-corrected chi connectivity index (χ0v) is 80.7. The number of piperidine rings is 2. The number of Topliss-reactive ketones (excluding diaryl/α,β-unsaturated/α-hetero) is 5. The molecule has 2 saturated heterocycles. The van der Waals surface area contributed by atoms with Crippen LogP contribution >= 0.6 is 31.9 Å². The van der Waals surface area contributed by atoms with E-state index in [1.165, 1.54) is 20.8 Å². The number of hydrogen-bond acceptors (Lipinski definition) is 27. The number of rotatable bonds is 13. The number of benzene rings is 3. The third-order valence-electron chi connectivity index (χ3n) is 28.1. The maximum Gasteiger partial charge on any atom is 0.248 e. The minimum atomic E-state index is -0.711. The molecule has 4 aliphatic carbocycles. The normalized spacial score (nSPS) is 23.7. The van der Waals surface area contributed by atoms with E-state index < -0.39 is 23.9 Å². The van der Waals surface area contributed by atoms with Gasteiger partial charge in [0.2, 0.25) is 23.6 Å². The first-order valence-electron chi connectivity index (χ1n) is 46.5. The number of halogens is 2. The highest BCUT2D eigenvalue weighted by molar-refractivity contribution is 9.10. The summed E-state index contributed by atoms with van der Waals surface area (Å²) in [5, 5.41) is 21.7. The van der Waals surface area contributed by atoms with Crippen molar-refractivity contribution in [3.8, 4) is 33.4 Å². The summed E-state index contributed by atoms with van der Waals surface area (Å²) in [6, 6.07) is 26.5. The number of amides is 4. The van der Waals surface area contributed by atoms with Gasteiger partial charge >= 0.3 is 0 Å². The molecular formula is C102H104Br2N20O14. The van der Waals surface area contributed by atoms with Crippen LogP contribution in [0.5, 0.6) is 0 Å². The Hall–Kier alpha value is -12.8. The maximum atomic E-state index is 14.4. The highest BCUT2D eigenvalue weighted by atomic mass is 79.9. The molecule has 710 valence electrons. The first-order valence-corrected chi connectivity index (χ1v) is 48.1. The topological polar surface area (TPSA) is 403 Å². The zero-order valence-electron chi connectivity index (χ0n) is 77.5. The van der Waals surface area contributed by atoms with Gasteiger partial charge in [0.15, 0.2) is 23.1 Å². The number of likely N-dealkylation sites (tertiary alicyclic amines) is 2. The second kappa shape index (κ2) is 39.6. The number of likely N-dealkylation sites (N-methyl/N-ethyl adjacent to an activating group) is 1. The fraction of sp³-hybridized carbons (Fsp3) is 0.402. The Labute approximate surface area is 811 Å². The van der Waals surface area contributed by atoms with Gasteiger partial charge in [0.05, 0.1) is 75.1 Å². The quantitative estimate of drug-likeness (QED) is 0.0615. The van der Waals surface area contributed by atoms with Crippen molar-refractivity contribution in [3.05, 3.63) is 225 Å². The van der Waals surface area contributed by atoms with Gasteiger partial charge in [-0.2, -0.15) is 15.3 Å². The summed E-state index contributed by atoms with van der Waals surface area (Å²) in [5.74, 6) is 0.447. The number of pyridine rings is 3. The molecule has 4 amide bonds. The van der Waals surface area contributed by atoms with E-state index in [0.717, 1.165) is 95.3 Å². The van der Waals surface area contributed by atoms with Crippen molar-refractivity contribution in [2.24, 2.45) is 34.0 Å². The van der Waals surface area contributed by atoms with Crippen molar-refractivity contribution in [1.29, 1.82) is 0 Å². The van der Waals surface area contributed by atoms with E-state index >= 15 is 0 Å². The Balaban J connectivity index is 0.000000132. The molecule has 3 spiro atoms. The van der Waals surface area contributed by atoms with Crippen LogP contribution in [0.2, 0.25) is 0 Å². The Kier molecular flexibility index (Phi) is 27.0. The van der Waals surface area contributed by atoms with E-state index in [4.69, 9.17) is 23.7 Å². The monoisotopic (exact) mass is 1990 g/mol. The Morgan fingerprint density at radius 2 is 0.913 bits per heavy atom. The van der Waals surface area contributed by atoms with Crippen molar-refractivity contribution >= 4 is 129 Å². The number of aromatic nitrogens is 15. The third kappa shape index (κ3) is 19.7. The van der Waals surface area contributed by atoms with Gasteiger partial charge in [-0.25, -0.2) is 44.9 Å². The van der Waals surface area contributed by atoms with Gasteiger partial charge in [-0.15, -0.1) is 0 Å². The molecule has 9 aromatic heterocycles. The molecule has 34 nitrogen and oxygen atoms in total.